The quantitative estimate of drug-likeness (QED) is 0.802. The van der Waals surface area contributed by atoms with Gasteiger partial charge in [-0.25, -0.2) is 9.37 Å². The maximum absolute atomic E-state index is 13.6. The van der Waals surface area contributed by atoms with Crippen LogP contribution in [0.15, 0.2) is 59.7 Å². The molecule has 21 heavy (non-hydrogen) atoms. The Bertz CT molecular complexity index is 845. The summed E-state index contributed by atoms with van der Waals surface area (Å²) in [6.07, 6.45) is 0.265. The molecule has 4 nitrogen and oxygen atoms in total. The summed E-state index contributed by atoms with van der Waals surface area (Å²) in [7, 11) is 0. The lowest BCUT2D eigenvalue weighted by Crippen LogP contribution is -2.24. The molecule has 0 radical (unpaired) electrons. The molecule has 0 bridgehead atoms. The van der Waals surface area contributed by atoms with Gasteiger partial charge < -0.3 is 5.11 Å². The molecule has 0 saturated heterocycles. The van der Waals surface area contributed by atoms with Crippen LogP contribution in [0.3, 0.4) is 0 Å². The van der Waals surface area contributed by atoms with Crippen molar-refractivity contribution < 1.29 is 9.50 Å². The zero-order valence-corrected chi connectivity index (χ0v) is 11.1. The highest BCUT2D eigenvalue weighted by molar-refractivity contribution is 5.76. The van der Waals surface area contributed by atoms with Crippen LogP contribution in [0.25, 0.3) is 10.9 Å². The Morgan fingerprint density at radius 1 is 1.14 bits per heavy atom. The molecule has 2 aromatic carbocycles. The van der Waals surface area contributed by atoms with Crippen molar-refractivity contribution in [1.29, 1.82) is 0 Å². The fourth-order valence-electron chi connectivity index (χ4n) is 2.27. The van der Waals surface area contributed by atoms with Gasteiger partial charge in [0.2, 0.25) is 0 Å². The van der Waals surface area contributed by atoms with Crippen LogP contribution in [0.4, 0.5) is 4.39 Å². The molecule has 0 spiro atoms. The molecule has 106 valence electrons. The Kier molecular flexibility index (Phi) is 3.50. The SMILES string of the molecule is O=c1c2ccccc2ncn1C[C@H](O)c1ccccc1F. The highest BCUT2D eigenvalue weighted by Gasteiger charge is 2.14. The molecule has 0 aliphatic rings. The first-order chi connectivity index (χ1) is 10.2. The van der Waals surface area contributed by atoms with E-state index in [0.717, 1.165) is 0 Å². The number of aromatic nitrogens is 2. The van der Waals surface area contributed by atoms with Gasteiger partial charge in [-0.2, -0.15) is 0 Å². The Morgan fingerprint density at radius 3 is 2.67 bits per heavy atom. The van der Waals surface area contributed by atoms with Crippen molar-refractivity contribution in [2.45, 2.75) is 12.6 Å². The van der Waals surface area contributed by atoms with E-state index in [0.29, 0.717) is 10.9 Å². The van der Waals surface area contributed by atoms with E-state index in [1.54, 1.807) is 36.4 Å². The molecule has 5 heteroatoms. The lowest BCUT2D eigenvalue weighted by atomic mass is 10.1. The van der Waals surface area contributed by atoms with Crippen molar-refractivity contribution in [3.63, 3.8) is 0 Å². The highest BCUT2D eigenvalue weighted by Crippen LogP contribution is 2.18. The molecular formula is C16H13FN2O2. The van der Waals surface area contributed by atoms with Crippen molar-refractivity contribution in [2.24, 2.45) is 0 Å². The third-order valence-electron chi connectivity index (χ3n) is 3.37. The number of fused-ring (bicyclic) bond motifs is 1. The van der Waals surface area contributed by atoms with Crippen LogP contribution in [0.5, 0.6) is 0 Å². The first-order valence-corrected chi connectivity index (χ1v) is 6.53. The Hall–Kier alpha value is -2.53. The summed E-state index contributed by atoms with van der Waals surface area (Å²) in [5.74, 6) is -0.494. The average molecular weight is 284 g/mol. The van der Waals surface area contributed by atoms with Gasteiger partial charge in [0.15, 0.2) is 0 Å². The van der Waals surface area contributed by atoms with E-state index in [2.05, 4.69) is 4.98 Å². The summed E-state index contributed by atoms with van der Waals surface area (Å²) in [6.45, 7) is -0.0440. The Labute approximate surface area is 120 Å². The predicted octanol–water partition coefficient (Wildman–Crippen LogP) is 2.27. The van der Waals surface area contributed by atoms with Crippen molar-refractivity contribution in [1.82, 2.24) is 9.55 Å². The third kappa shape index (κ3) is 2.55. The maximum Gasteiger partial charge on any atom is 0.261 e. The summed E-state index contributed by atoms with van der Waals surface area (Å²) in [5, 5.41) is 10.6. The minimum absolute atomic E-state index is 0.0440. The van der Waals surface area contributed by atoms with E-state index in [-0.39, 0.29) is 17.7 Å². The first-order valence-electron chi connectivity index (χ1n) is 6.53. The fraction of sp³-hybridized carbons (Fsp3) is 0.125. The van der Waals surface area contributed by atoms with Gasteiger partial charge in [-0.1, -0.05) is 30.3 Å². The minimum Gasteiger partial charge on any atom is -0.386 e. The largest absolute Gasteiger partial charge is 0.386 e. The summed E-state index contributed by atoms with van der Waals surface area (Å²) >= 11 is 0. The van der Waals surface area contributed by atoms with Crippen LogP contribution in [0.1, 0.15) is 11.7 Å². The van der Waals surface area contributed by atoms with Crippen LogP contribution in [-0.2, 0) is 6.54 Å². The van der Waals surface area contributed by atoms with E-state index in [4.69, 9.17) is 0 Å². The topological polar surface area (TPSA) is 55.1 Å². The van der Waals surface area contributed by atoms with Crippen LogP contribution in [-0.4, -0.2) is 14.7 Å². The van der Waals surface area contributed by atoms with Crippen molar-refractivity contribution in [2.75, 3.05) is 0 Å². The van der Waals surface area contributed by atoms with Gasteiger partial charge in [-0.3, -0.25) is 9.36 Å². The zero-order chi connectivity index (χ0) is 14.8. The second-order valence-electron chi connectivity index (χ2n) is 4.76. The van der Waals surface area contributed by atoms with Crippen LogP contribution < -0.4 is 5.56 Å². The van der Waals surface area contributed by atoms with Crippen molar-refractivity contribution >= 4 is 10.9 Å². The van der Waals surface area contributed by atoms with Gasteiger partial charge in [0.1, 0.15) is 5.82 Å². The molecule has 3 rings (SSSR count). The number of para-hydroxylation sites is 1. The van der Waals surface area contributed by atoms with E-state index in [9.17, 15) is 14.3 Å². The fourth-order valence-corrected chi connectivity index (χ4v) is 2.27. The van der Waals surface area contributed by atoms with E-state index in [1.807, 2.05) is 0 Å². The maximum atomic E-state index is 13.6. The molecule has 0 aliphatic carbocycles. The molecule has 0 amide bonds. The molecule has 1 heterocycles. The summed E-state index contributed by atoms with van der Waals surface area (Å²) in [6, 6.07) is 12.9. The number of hydrogen-bond acceptors (Lipinski definition) is 3. The van der Waals surface area contributed by atoms with E-state index < -0.39 is 11.9 Å². The van der Waals surface area contributed by atoms with E-state index >= 15 is 0 Å². The lowest BCUT2D eigenvalue weighted by molar-refractivity contribution is 0.150. The molecule has 1 atom stereocenters. The minimum atomic E-state index is -1.10. The van der Waals surface area contributed by atoms with Gasteiger partial charge in [0.05, 0.1) is 29.9 Å². The summed E-state index contributed by atoms with van der Waals surface area (Å²) < 4.78 is 14.9. The number of benzene rings is 2. The number of hydrogen-bond donors (Lipinski definition) is 1. The van der Waals surface area contributed by atoms with E-state index in [1.165, 1.54) is 23.0 Å². The molecule has 0 aliphatic heterocycles. The lowest BCUT2D eigenvalue weighted by Gasteiger charge is -2.13. The molecule has 0 unspecified atom stereocenters. The predicted molar refractivity (Wildman–Crippen MR) is 77.4 cm³/mol. The molecule has 0 saturated carbocycles. The number of aliphatic hydroxyl groups is 1. The van der Waals surface area contributed by atoms with Crippen LogP contribution >= 0.6 is 0 Å². The first kappa shape index (κ1) is 13.5. The molecule has 0 fully saturated rings. The number of nitrogens with zero attached hydrogens (tertiary/aromatic N) is 2. The number of aliphatic hydroxyl groups excluding tert-OH is 1. The molecule has 1 aromatic heterocycles. The van der Waals surface area contributed by atoms with Crippen molar-refractivity contribution in [3.05, 3.63) is 76.6 Å². The summed E-state index contributed by atoms with van der Waals surface area (Å²) in [4.78, 5) is 16.5. The highest BCUT2D eigenvalue weighted by atomic mass is 19.1. The third-order valence-corrected chi connectivity index (χ3v) is 3.37. The van der Waals surface area contributed by atoms with Gasteiger partial charge in [0, 0.05) is 5.56 Å². The second kappa shape index (κ2) is 5.46. The van der Waals surface area contributed by atoms with Gasteiger partial charge in [-0.15, -0.1) is 0 Å². The Balaban J connectivity index is 1.97. The van der Waals surface area contributed by atoms with Crippen LogP contribution in [0.2, 0.25) is 0 Å². The standard InChI is InChI=1S/C16H13FN2O2/c17-13-7-3-1-5-11(13)15(20)9-19-10-18-14-8-4-2-6-12(14)16(19)21/h1-8,10,15,20H,9H2/t15-/m0/s1. The average Bonchev–Trinajstić information content (AvgIpc) is 2.51. The normalized spacial score (nSPS) is 12.5. The summed E-state index contributed by atoms with van der Waals surface area (Å²) in [5.41, 5.74) is 0.507. The second-order valence-corrected chi connectivity index (χ2v) is 4.76. The van der Waals surface area contributed by atoms with Gasteiger partial charge >= 0.3 is 0 Å². The number of halogens is 1. The molecule has 3 aromatic rings. The number of rotatable bonds is 3. The van der Waals surface area contributed by atoms with Crippen molar-refractivity contribution in [3.8, 4) is 0 Å². The monoisotopic (exact) mass is 284 g/mol. The van der Waals surface area contributed by atoms with Gasteiger partial charge in [-0.05, 0) is 18.2 Å². The Morgan fingerprint density at radius 2 is 1.86 bits per heavy atom. The van der Waals surface area contributed by atoms with Crippen LogP contribution in [0, 0.1) is 5.82 Å². The van der Waals surface area contributed by atoms with Gasteiger partial charge in [0.25, 0.3) is 5.56 Å². The smallest absolute Gasteiger partial charge is 0.261 e. The molecule has 1 N–H and O–H groups in total. The zero-order valence-electron chi connectivity index (χ0n) is 11.1. The molecular weight excluding hydrogens is 271 g/mol.